The van der Waals surface area contributed by atoms with Gasteiger partial charge in [0.2, 0.25) is 0 Å². The van der Waals surface area contributed by atoms with Crippen molar-refractivity contribution in [3.63, 3.8) is 0 Å². The lowest BCUT2D eigenvalue weighted by atomic mass is 9.73. The maximum atomic E-state index is 14.2. The third-order valence-corrected chi connectivity index (χ3v) is 6.10. The molecular formula is C17H27FOSi. The van der Waals surface area contributed by atoms with Crippen molar-refractivity contribution >= 4 is 8.07 Å². The fourth-order valence-electron chi connectivity index (χ4n) is 3.47. The van der Waals surface area contributed by atoms with Crippen LogP contribution in [0.25, 0.3) is 0 Å². The van der Waals surface area contributed by atoms with Gasteiger partial charge in [0.15, 0.2) is 0 Å². The second-order valence-electron chi connectivity index (χ2n) is 7.50. The Morgan fingerprint density at radius 2 is 1.75 bits per heavy atom. The predicted molar refractivity (Wildman–Crippen MR) is 85.3 cm³/mol. The van der Waals surface area contributed by atoms with Gasteiger partial charge >= 0.3 is 0 Å². The van der Waals surface area contributed by atoms with E-state index in [0.29, 0.717) is 0 Å². The molecule has 0 spiro atoms. The second-order valence-corrected chi connectivity index (χ2v) is 13.0. The summed E-state index contributed by atoms with van der Waals surface area (Å²) in [7, 11) is -1.38. The Balaban J connectivity index is 2.36. The molecule has 1 saturated carbocycles. The van der Waals surface area contributed by atoms with E-state index >= 15 is 0 Å². The SMILES string of the molecule is C[Si](C)(C)CC(c1ccccc1F)C1(O)CCCCC1. The van der Waals surface area contributed by atoms with Gasteiger partial charge in [-0.25, -0.2) is 4.39 Å². The quantitative estimate of drug-likeness (QED) is 0.780. The largest absolute Gasteiger partial charge is 0.389 e. The molecule has 1 fully saturated rings. The molecule has 3 heteroatoms. The van der Waals surface area contributed by atoms with Crippen molar-refractivity contribution in [3.05, 3.63) is 35.6 Å². The molecule has 0 saturated heterocycles. The fourth-order valence-corrected chi connectivity index (χ4v) is 5.30. The maximum absolute atomic E-state index is 14.2. The molecule has 0 bridgehead atoms. The molecule has 1 aromatic carbocycles. The minimum Gasteiger partial charge on any atom is -0.389 e. The highest BCUT2D eigenvalue weighted by atomic mass is 28.3. The minimum atomic E-state index is -1.38. The van der Waals surface area contributed by atoms with Crippen molar-refractivity contribution in [2.24, 2.45) is 0 Å². The van der Waals surface area contributed by atoms with Crippen LogP contribution in [-0.2, 0) is 0 Å². The zero-order chi connectivity index (χ0) is 14.8. The Morgan fingerprint density at radius 1 is 1.15 bits per heavy atom. The summed E-state index contributed by atoms with van der Waals surface area (Å²) in [5, 5.41) is 11.1. The lowest BCUT2D eigenvalue weighted by Gasteiger charge is -2.42. The molecule has 1 unspecified atom stereocenters. The van der Waals surface area contributed by atoms with Crippen molar-refractivity contribution in [2.75, 3.05) is 0 Å². The van der Waals surface area contributed by atoms with Gasteiger partial charge in [0.25, 0.3) is 0 Å². The second kappa shape index (κ2) is 5.98. The van der Waals surface area contributed by atoms with Crippen molar-refractivity contribution in [2.45, 2.75) is 69.3 Å². The number of hydrogen-bond acceptors (Lipinski definition) is 1. The van der Waals surface area contributed by atoms with Gasteiger partial charge in [-0.05, 0) is 30.5 Å². The van der Waals surface area contributed by atoms with E-state index in [0.717, 1.165) is 37.3 Å². The highest BCUT2D eigenvalue weighted by Gasteiger charge is 2.41. The first-order chi connectivity index (χ1) is 9.32. The summed E-state index contributed by atoms with van der Waals surface area (Å²) < 4.78 is 14.2. The summed E-state index contributed by atoms with van der Waals surface area (Å²) >= 11 is 0. The number of halogens is 1. The first-order valence-corrected chi connectivity index (χ1v) is 11.5. The number of rotatable bonds is 4. The Kier molecular flexibility index (Phi) is 4.70. The van der Waals surface area contributed by atoms with E-state index in [1.165, 1.54) is 12.5 Å². The molecule has 0 radical (unpaired) electrons. The molecule has 20 heavy (non-hydrogen) atoms. The van der Waals surface area contributed by atoms with Gasteiger partial charge in [0.05, 0.1) is 5.60 Å². The van der Waals surface area contributed by atoms with Crippen LogP contribution < -0.4 is 0 Å². The highest BCUT2D eigenvalue weighted by Crippen LogP contribution is 2.44. The monoisotopic (exact) mass is 294 g/mol. The summed E-state index contributed by atoms with van der Waals surface area (Å²) in [6.45, 7) is 6.90. The van der Waals surface area contributed by atoms with Gasteiger partial charge in [0.1, 0.15) is 5.82 Å². The van der Waals surface area contributed by atoms with E-state index < -0.39 is 13.7 Å². The van der Waals surface area contributed by atoms with Gasteiger partial charge < -0.3 is 5.11 Å². The van der Waals surface area contributed by atoms with Crippen LogP contribution in [0.4, 0.5) is 4.39 Å². The Labute approximate surface area is 123 Å². The van der Waals surface area contributed by atoms with Crippen LogP contribution in [-0.4, -0.2) is 18.8 Å². The summed E-state index contributed by atoms with van der Waals surface area (Å²) in [4.78, 5) is 0. The summed E-state index contributed by atoms with van der Waals surface area (Å²) in [6, 6.07) is 7.97. The zero-order valence-corrected chi connectivity index (χ0v) is 14.0. The van der Waals surface area contributed by atoms with Crippen molar-refractivity contribution in [1.29, 1.82) is 0 Å². The Bertz CT molecular complexity index is 447. The molecule has 0 heterocycles. The average molecular weight is 294 g/mol. The van der Waals surface area contributed by atoms with Crippen LogP contribution in [0.15, 0.2) is 24.3 Å². The minimum absolute atomic E-state index is 0.0457. The van der Waals surface area contributed by atoms with E-state index in [4.69, 9.17) is 0 Å². The fraction of sp³-hybridized carbons (Fsp3) is 0.647. The molecule has 112 valence electrons. The van der Waals surface area contributed by atoms with Crippen molar-refractivity contribution < 1.29 is 9.50 Å². The van der Waals surface area contributed by atoms with E-state index in [-0.39, 0.29) is 11.7 Å². The zero-order valence-electron chi connectivity index (χ0n) is 13.0. The molecule has 1 atom stereocenters. The molecular weight excluding hydrogens is 267 g/mol. The Hall–Kier alpha value is -0.673. The Morgan fingerprint density at radius 3 is 2.30 bits per heavy atom. The smallest absolute Gasteiger partial charge is 0.126 e. The molecule has 0 aromatic heterocycles. The summed E-state index contributed by atoms with van der Waals surface area (Å²) in [6.07, 6.45) is 4.95. The van der Waals surface area contributed by atoms with Crippen LogP contribution in [0.1, 0.15) is 43.6 Å². The first kappa shape index (κ1) is 15.7. The molecule has 0 amide bonds. The van der Waals surface area contributed by atoms with Crippen LogP contribution in [0.5, 0.6) is 0 Å². The number of hydrogen-bond donors (Lipinski definition) is 1. The maximum Gasteiger partial charge on any atom is 0.126 e. The molecule has 1 N–H and O–H groups in total. The molecule has 1 aliphatic carbocycles. The lowest BCUT2D eigenvalue weighted by molar-refractivity contribution is -0.0180. The van der Waals surface area contributed by atoms with Gasteiger partial charge in [-0.3, -0.25) is 0 Å². The van der Waals surface area contributed by atoms with E-state index in [1.54, 1.807) is 6.07 Å². The third-order valence-electron chi connectivity index (χ3n) is 4.47. The normalized spacial score (nSPS) is 20.6. The van der Waals surface area contributed by atoms with E-state index in [1.807, 2.05) is 12.1 Å². The van der Waals surface area contributed by atoms with Crippen molar-refractivity contribution in [3.8, 4) is 0 Å². The number of benzene rings is 1. The molecule has 2 rings (SSSR count). The average Bonchev–Trinajstić information content (AvgIpc) is 2.37. The van der Waals surface area contributed by atoms with Gasteiger partial charge in [0, 0.05) is 14.0 Å². The molecule has 1 aliphatic rings. The van der Waals surface area contributed by atoms with E-state index in [9.17, 15) is 9.50 Å². The summed E-state index contributed by atoms with van der Waals surface area (Å²) in [5.41, 5.74) is 0.0140. The molecule has 0 aliphatic heterocycles. The molecule has 1 aromatic rings. The number of aliphatic hydroxyl groups is 1. The van der Waals surface area contributed by atoms with Gasteiger partial charge in [-0.1, -0.05) is 57.1 Å². The van der Waals surface area contributed by atoms with Crippen LogP contribution in [0.2, 0.25) is 25.7 Å². The lowest BCUT2D eigenvalue weighted by Crippen LogP contribution is -2.42. The summed E-state index contributed by atoms with van der Waals surface area (Å²) in [5.74, 6) is -0.203. The van der Waals surface area contributed by atoms with Crippen molar-refractivity contribution in [1.82, 2.24) is 0 Å². The van der Waals surface area contributed by atoms with Gasteiger partial charge in [-0.15, -0.1) is 0 Å². The third kappa shape index (κ3) is 3.70. The van der Waals surface area contributed by atoms with Crippen LogP contribution >= 0.6 is 0 Å². The first-order valence-electron chi connectivity index (χ1n) is 7.79. The van der Waals surface area contributed by atoms with Crippen LogP contribution in [0, 0.1) is 5.82 Å². The van der Waals surface area contributed by atoms with E-state index in [2.05, 4.69) is 19.6 Å². The highest BCUT2D eigenvalue weighted by molar-refractivity contribution is 6.76. The van der Waals surface area contributed by atoms with Gasteiger partial charge in [-0.2, -0.15) is 0 Å². The standard InChI is InChI=1S/C17H27FOSi/c1-20(2,3)13-15(14-9-5-6-10-16(14)18)17(19)11-7-4-8-12-17/h5-6,9-10,15,19H,4,7-8,11-13H2,1-3H3. The topological polar surface area (TPSA) is 20.2 Å². The molecule has 1 nitrogen and oxygen atoms in total. The predicted octanol–water partition coefficient (Wildman–Crippen LogP) is 4.94. The van der Waals surface area contributed by atoms with Crippen LogP contribution in [0.3, 0.4) is 0 Å².